The Morgan fingerprint density at radius 1 is 1.27 bits per heavy atom. The van der Waals surface area contributed by atoms with Crippen LogP contribution in [-0.4, -0.2) is 67.8 Å². The number of hydrogen-bond acceptors (Lipinski definition) is 5. The van der Waals surface area contributed by atoms with Crippen molar-refractivity contribution in [2.45, 2.75) is 20.3 Å². The Hall–Kier alpha value is -1.61. The maximum absolute atomic E-state index is 12.1. The Labute approximate surface area is 130 Å². The van der Waals surface area contributed by atoms with Crippen molar-refractivity contribution in [1.29, 1.82) is 0 Å². The lowest BCUT2D eigenvalue weighted by molar-refractivity contribution is 0.172. The van der Waals surface area contributed by atoms with E-state index in [0.717, 1.165) is 17.0 Å². The van der Waals surface area contributed by atoms with Crippen molar-refractivity contribution in [2.24, 2.45) is 0 Å². The highest BCUT2D eigenvalue weighted by atomic mass is 32.2. The summed E-state index contributed by atoms with van der Waals surface area (Å²) < 4.78 is 29.3. The molecular formula is C13H22N4O4S. The molecule has 0 spiro atoms. The number of amides is 2. The lowest BCUT2D eigenvalue weighted by Gasteiger charge is -2.33. The van der Waals surface area contributed by atoms with E-state index in [-0.39, 0.29) is 6.03 Å². The number of piperazine rings is 1. The largest absolute Gasteiger partial charge is 0.361 e. The number of aryl methyl sites for hydroxylation is 2. The normalized spacial score (nSPS) is 16.8. The number of nitrogens with one attached hydrogen (secondary N) is 1. The molecule has 0 radical (unpaired) electrons. The monoisotopic (exact) mass is 330 g/mol. The van der Waals surface area contributed by atoms with Gasteiger partial charge in [0.15, 0.2) is 0 Å². The van der Waals surface area contributed by atoms with Crippen molar-refractivity contribution in [3.63, 3.8) is 0 Å². The summed E-state index contributed by atoms with van der Waals surface area (Å²) in [6.07, 6.45) is 1.85. The molecule has 1 saturated heterocycles. The molecule has 1 aromatic heterocycles. The minimum atomic E-state index is -3.17. The van der Waals surface area contributed by atoms with Crippen molar-refractivity contribution in [2.75, 3.05) is 39.0 Å². The van der Waals surface area contributed by atoms with E-state index in [9.17, 15) is 13.2 Å². The molecule has 1 aliphatic heterocycles. The van der Waals surface area contributed by atoms with Crippen LogP contribution in [0.4, 0.5) is 4.79 Å². The minimum Gasteiger partial charge on any atom is -0.361 e. The first-order chi connectivity index (χ1) is 10.3. The van der Waals surface area contributed by atoms with Crippen LogP contribution >= 0.6 is 0 Å². The van der Waals surface area contributed by atoms with Gasteiger partial charge in [0.25, 0.3) is 0 Å². The highest BCUT2D eigenvalue weighted by molar-refractivity contribution is 7.88. The van der Waals surface area contributed by atoms with Gasteiger partial charge in [0.2, 0.25) is 10.0 Å². The Bertz CT molecular complexity index is 613. The van der Waals surface area contributed by atoms with E-state index in [4.69, 9.17) is 4.52 Å². The third kappa shape index (κ3) is 3.98. The molecule has 0 aromatic carbocycles. The lowest BCUT2D eigenvalue weighted by atomic mass is 10.1. The van der Waals surface area contributed by atoms with E-state index < -0.39 is 10.0 Å². The second-order valence-corrected chi connectivity index (χ2v) is 7.42. The van der Waals surface area contributed by atoms with Gasteiger partial charge >= 0.3 is 6.03 Å². The standard InChI is InChI=1S/C13H22N4O4S/c1-10-12(11(2)21-15-10)4-5-14-13(18)16-6-8-17(9-7-16)22(3,19)20/h4-9H2,1-3H3,(H,14,18). The molecule has 1 aromatic rings. The summed E-state index contributed by atoms with van der Waals surface area (Å²) in [7, 11) is -3.17. The second-order valence-electron chi connectivity index (χ2n) is 5.43. The number of aromatic nitrogens is 1. The molecule has 0 saturated carbocycles. The fraction of sp³-hybridized carbons (Fsp3) is 0.692. The van der Waals surface area contributed by atoms with Crippen molar-refractivity contribution in [3.8, 4) is 0 Å². The number of carbonyl (C=O) groups is 1. The quantitative estimate of drug-likeness (QED) is 0.846. The summed E-state index contributed by atoms with van der Waals surface area (Å²) in [6, 6.07) is -0.167. The molecule has 2 heterocycles. The van der Waals surface area contributed by atoms with E-state index in [2.05, 4.69) is 10.5 Å². The molecule has 1 fully saturated rings. The third-order valence-electron chi connectivity index (χ3n) is 3.83. The molecule has 22 heavy (non-hydrogen) atoms. The van der Waals surface area contributed by atoms with E-state index in [1.165, 1.54) is 10.6 Å². The van der Waals surface area contributed by atoms with E-state index in [1.54, 1.807) is 4.90 Å². The van der Waals surface area contributed by atoms with Gasteiger partial charge in [-0.15, -0.1) is 0 Å². The van der Waals surface area contributed by atoms with Crippen LogP contribution in [0.25, 0.3) is 0 Å². The van der Waals surface area contributed by atoms with E-state index in [1.807, 2.05) is 13.8 Å². The van der Waals surface area contributed by atoms with Gasteiger partial charge < -0.3 is 14.7 Å². The predicted molar refractivity (Wildman–Crippen MR) is 81.1 cm³/mol. The highest BCUT2D eigenvalue weighted by Gasteiger charge is 2.25. The molecule has 2 amide bonds. The van der Waals surface area contributed by atoms with Gasteiger partial charge in [-0.25, -0.2) is 13.2 Å². The van der Waals surface area contributed by atoms with Crippen LogP contribution < -0.4 is 5.32 Å². The summed E-state index contributed by atoms with van der Waals surface area (Å²) in [5, 5.41) is 6.72. The molecule has 0 aliphatic carbocycles. The van der Waals surface area contributed by atoms with Gasteiger partial charge in [0, 0.05) is 38.3 Å². The Morgan fingerprint density at radius 3 is 2.41 bits per heavy atom. The van der Waals surface area contributed by atoms with Crippen LogP contribution in [0.5, 0.6) is 0 Å². The summed E-state index contributed by atoms with van der Waals surface area (Å²) in [4.78, 5) is 13.7. The zero-order valence-electron chi connectivity index (χ0n) is 13.1. The SMILES string of the molecule is Cc1noc(C)c1CCNC(=O)N1CCN(S(C)(=O)=O)CC1. The lowest BCUT2D eigenvalue weighted by Crippen LogP contribution is -2.53. The molecular weight excluding hydrogens is 308 g/mol. The van der Waals surface area contributed by atoms with Crippen molar-refractivity contribution in [1.82, 2.24) is 19.7 Å². The molecule has 124 valence electrons. The molecule has 0 atom stereocenters. The number of rotatable bonds is 4. The summed E-state index contributed by atoms with van der Waals surface area (Å²) >= 11 is 0. The molecule has 8 nitrogen and oxygen atoms in total. The van der Waals surface area contributed by atoms with Gasteiger partial charge in [0.1, 0.15) is 5.76 Å². The first-order valence-electron chi connectivity index (χ1n) is 7.18. The fourth-order valence-electron chi connectivity index (χ4n) is 2.49. The van der Waals surface area contributed by atoms with Gasteiger partial charge in [-0.3, -0.25) is 0 Å². The topological polar surface area (TPSA) is 95.8 Å². The average Bonchev–Trinajstić information content (AvgIpc) is 2.78. The van der Waals surface area contributed by atoms with Gasteiger partial charge in [-0.05, 0) is 20.3 Å². The number of urea groups is 1. The number of nitrogens with zero attached hydrogens (tertiary/aromatic N) is 3. The first kappa shape index (κ1) is 16.8. The zero-order valence-corrected chi connectivity index (χ0v) is 13.9. The smallest absolute Gasteiger partial charge is 0.317 e. The van der Waals surface area contributed by atoms with Gasteiger partial charge in [-0.1, -0.05) is 5.16 Å². The van der Waals surface area contributed by atoms with Gasteiger partial charge in [0.05, 0.1) is 11.9 Å². The summed E-state index contributed by atoms with van der Waals surface area (Å²) in [5.41, 5.74) is 1.86. The number of sulfonamides is 1. The molecule has 2 rings (SSSR count). The maximum atomic E-state index is 12.1. The van der Waals surface area contributed by atoms with Crippen LogP contribution in [-0.2, 0) is 16.4 Å². The van der Waals surface area contributed by atoms with Crippen molar-refractivity contribution in [3.05, 3.63) is 17.0 Å². The van der Waals surface area contributed by atoms with E-state index in [0.29, 0.717) is 39.1 Å². The summed E-state index contributed by atoms with van der Waals surface area (Å²) in [5.74, 6) is 0.772. The molecule has 0 bridgehead atoms. The average molecular weight is 330 g/mol. The van der Waals surface area contributed by atoms with Gasteiger partial charge in [-0.2, -0.15) is 4.31 Å². The third-order valence-corrected chi connectivity index (χ3v) is 5.13. The van der Waals surface area contributed by atoms with Crippen LogP contribution in [0.3, 0.4) is 0 Å². The Kier molecular flexibility index (Phi) is 5.07. The summed E-state index contributed by atoms with van der Waals surface area (Å²) in [6.45, 7) is 5.72. The first-order valence-corrected chi connectivity index (χ1v) is 9.03. The Balaban J connectivity index is 1.77. The molecule has 0 unspecified atom stereocenters. The van der Waals surface area contributed by atoms with Crippen molar-refractivity contribution >= 4 is 16.1 Å². The minimum absolute atomic E-state index is 0.167. The van der Waals surface area contributed by atoms with E-state index >= 15 is 0 Å². The van der Waals surface area contributed by atoms with Crippen molar-refractivity contribution < 1.29 is 17.7 Å². The highest BCUT2D eigenvalue weighted by Crippen LogP contribution is 2.12. The number of carbonyl (C=O) groups excluding carboxylic acids is 1. The second kappa shape index (κ2) is 6.66. The maximum Gasteiger partial charge on any atom is 0.317 e. The fourth-order valence-corrected chi connectivity index (χ4v) is 3.31. The van der Waals surface area contributed by atoms with Crippen LogP contribution in [0.1, 0.15) is 17.0 Å². The van der Waals surface area contributed by atoms with Crippen LogP contribution in [0.2, 0.25) is 0 Å². The Morgan fingerprint density at radius 2 is 1.91 bits per heavy atom. The molecule has 9 heteroatoms. The predicted octanol–water partition coefficient (Wildman–Crippen LogP) is 0.121. The molecule has 1 aliphatic rings. The zero-order chi connectivity index (χ0) is 16.3. The molecule has 1 N–H and O–H groups in total. The van der Waals surface area contributed by atoms with Crippen LogP contribution in [0.15, 0.2) is 4.52 Å². The van der Waals surface area contributed by atoms with Crippen LogP contribution in [0, 0.1) is 13.8 Å². The number of hydrogen-bond donors (Lipinski definition) is 1.